The second-order valence-electron chi connectivity index (χ2n) is 4.90. The maximum absolute atomic E-state index is 10.8. The molecule has 0 aromatic heterocycles. The molecule has 1 aromatic carbocycles. The van der Waals surface area contributed by atoms with Crippen LogP contribution in [-0.2, 0) is 11.3 Å². The van der Waals surface area contributed by atoms with Crippen molar-refractivity contribution in [1.82, 2.24) is 4.90 Å². The first-order valence-electron chi connectivity index (χ1n) is 6.36. The van der Waals surface area contributed by atoms with Gasteiger partial charge in [0.05, 0.1) is 16.4 Å². The van der Waals surface area contributed by atoms with E-state index in [1.54, 1.807) is 6.07 Å². The summed E-state index contributed by atoms with van der Waals surface area (Å²) in [6.45, 7) is 1.35. The third-order valence-corrected chi connectivity index (χ3v) is 3.88. The van der Waals surface area contributed by atoms with Crippen molar-refractivity contribution in [2.45, 2.75) is 31.8 Å². The average molecular weight is 299 g/mol. The van der Waals surface area contributed by atoms with Gasteiger partial charge in [0.2, 0.25) is 0 Å². The molecule has 6 nitrogen and oxygen atoms in total. The molecule has 1 unspecified atom stereocenters. The third-order valence-electron chi connectivity index (χ3n) is 3.53. The largest absolute Gasteiger partial charge is 0.481 e. The number of nitro groups is 1. The van der Waals surface area contributed by atoms with E-state index in [4.69, 9.17) is 16.7 Å². The van der Waals surface area contributed by atoms with Crippen molar-refractivity contribution in [2.24, 2.45) is 0 Å². The lowest BCUT2D eigenvalue weighted by molar-refractivity contribution is -0.384. The Bertz CT molecular complexity index is 535. The highest BCUT2D eigenvalue weighted by molar-refractivity contribution is 6.31. The molecule has 1 N–H and O–H groups in total. The number of aliphatic carboxylic acids is 1. The summed E-state index contributed by atoms with van der Waals surface area (Å²) in [4.78, 5) is 23.0. The number of nitrogens with zero attached hydrogens (tertiary/aromatic N) is 2. The molecule has 1 aromatic rings. The molecule has 0 aliphatic carbocycles. The molecule has 1 saturated heterocycles. The molecule has 1 aliphatic rings. The lowest BCUT2D eigenvalue weighted by Gasteiger charge is -2.23. The number of hydrogen-bond donors (Lipinski definition) is 1. The van der Waals surface area contributed by atoms with Crippen LogP contribution in [0.4, 0.5) is 5.69 Å². The number of non-ortho nitro benzene ring substituents is 1. The van der Waals surface area contributed by atoms with E-state index in [2.05, 4.69) is 4.90 Å². The first-order valence-corrected chi connectivity index (χ1v) is 6.74. The lowest BCUT2D eigenvalue weighted by atomic mass is 10.1. The maximum Gasteiger partial charge on any atom is 0.304 e. The Hall–Kier alpha value is -1.66. The minimum atomic E-state index is -0.809. The summed E-state index contributed by atoms with van der Waals surface area (Å²) >= 11 is 6.06. The van der Waals surface area contributed by atoms with Gasteiger partial charge in [-0.1, -0.05) is 11.6 Å². The van der Waals surface area contributed by atoms with E-state index in [0.717, 1.165) is 24.9 Å². The number of benzene rings is 1. The number of likely N-dealkylation sites (tertiary alicyclic amines) is 1. The number of rotatable bonds is 5. The van der Waals surface area contributed by atoms with Gasteiger partial charge in [0.15, 0.2) is 0 Å². The van der Waals surface area contributed by atoms with Crippen molar-refractivity contribution in [1.29, 1.82) is 0 Å². The minimum absolute atomic E-state index is 0.0127. The zero-order valence-corrected chi connectivity index (χ0v) is 11.5. The summed E-state index contributed by atoms with van der Waals surface area (Å²) in [6.07, 6.45) is 1.93. The summed E-state index contributed by atoms with van der Waals surface area (Å²) in [6, 6.07) is 4.40. The van der Waals surface area contributed by atoms with E-state index in [1.165, 1.54) is 12.1 Å². The molecule has 0 spiro atoms. The van der Waals surface area contributed by atoms with Gasteiger partial charge in [0.25, 0.3) is 5.69 Å². The van der Waals surface area contributed by atoms with Crippen LogP contribution in [0.5, 0.6) is 0 Å². The van der Waals surface area contributed by atoms with Crippen molar-refractivity contribution in [2.75, 3.05) is 6.54 Å². The van der Waals surface area contributed by atoms with Gasteiger partial charge in [-0.3, -0.25) is 19.8 Å². The molecule has 108 valence electrons. The van der Waals surface area contributed by atoms with E-state index in [9.17, 15) is 14.9 Å². The van der Waals surface area contributed by atoms with E-state index in [0.29, 0.717) is 11.6 Å². The van der Waals surface area contributed by atoms with E-state index in [1.807, 2.05) is 0 Å². The van der Waals surface area contributed by atoms with Gasteiger partial charge in [-0.2, -0.15) is 0 Å². The highest BCUT2D eigenvalue weighted by atomic mass is 35.5. The predicted molar refractivity (Wildman–Crippen MR) is 73.8 cm³/mol. The molecule has 2 rings (SSSR count). The molecular formula is C13H15ClN2O4. The number of halogens is 1. The standard InChI is InChI=1S/C13H15ClN2O4/c14-12-6-11(16(19)20)4-3-9(12)8-15-5-1-2-10(15)7-13(17)18/h3-4,6,10H,1-2,5,7-8H2,(H,17,18). The Morgan fingerprint density at radius 1 is 1.55 bits per heavy atom. The van der Waals surface area contributed by atoms with Crippen LogP contribution < -0.4 is 0 Å². The molecule has 0 saturated carbocycles. The molecule has 0 amide bonds. The van der Waals surface area contributed by atoms with Crippen LogP contribution in [-0.4, -0.2) is 33.5 Å². The third kappa shape index (κ3) is 3.46. The van der Waals surface area contributed by atoms with Crippen LogP contribution in [0.3, 0.4) is 0 Å². The van der Waals surface area contributed by atoms with Gasteiger partial charge in [-0.25, -0.2) is 0 Å². The molecule has 20 heavy (non-hydrogen) atoms. The molecule has 1 heterocycles. The van der Waals surface area contributed by atoms with Gasteiger partial charge in [-0.15, -0.1) is 0 Å². The van der Waals surface area contributed by atoms with E-state index >= 15 is 0 Å². The van der Waals surface area contributed by atoms with Gasteiger partial charge in [0, 0.05) is 24.7 Å². The van der Waals surface area contributed by atoms with Gasteiger partial charge >= 0.3 is 5.97 Å². The summed E-state index contributed by atoms with van der Waals surface area (Å²) in [5.41, 5.74) is 0.747. The highest BCUT2D eigenvalue weighted by Crippen LogP contribution is 2.27. The highest BCUT2D eigenvalue weighted by Gasteiger charge is 2.27. The van der Waals surface area contributed by atoms with Crippen molar-refractivity contribution < 1.29 is 14.8 Å². The van der Waals surface area contributed by atoms with Crippen molar-refractivity contribution >= 4 is 23.3 Å². The minimum Gasteiger partial charge on any atom is -0.481 e. The fraction of sp³-hybridized carbons (Fsp3) is 0.462. The summed E-state index contributed by atoms with van der Waals surface area (Å²) in [5, 5.41) is 19.9. The van der Waals surface area contributed by atoms with Gasteiger partial charge in [-0.05, 0) is 31.0 Å². The molecule has 0 radical (unpaired) electrons. The summed E-state index contributed by atoms with van der Waals surface area (Å²) in [5.74, 6) is -0.809. The Labute approximate surface area is 121 Å². The fourth-order valence-corrected chi connectivity index (χ4v) is 2.77. The maximum atomic E-state index is 10.8. The van der Waals surface area contributed by atoms with Crippen LogP contribution in [0.2, 0.25) is 5.02 Å². The molecular weight excluding hydrogens is 284 g/mol. The van der Waals surface area contributed by atoms with Crippen LogP contribution in [0.25, 0.3) is 0 Å². The molecule has 1 fully saturated rings. The summed E-state index contributed by atoms with van der Waals surface area (Å²) < 4.78 is 0. The zero-order valence-electron chi connectivity index (χ0n) is 10.8. The Balaban J connectivity index is 2.09. The topological polar surface area (TPSA) is 83.7 Å². The molecule has 1 atom stereocenters. The number of carboxylic acids is 1. The molecule has 7 heteroatoms. The lowest BCUT2D eigenvalue weighted by Crippen LogP contribution is -2.30. The predicted octanol–water partition coefficient (Wildman–Crippen LogP) is 2.69. The Morgan fingerprint density at radius 3 is 2.90 bits per heavy atom. The number of nitro benzene ring substituents is 1. The van der Waals surface area contributed by atoms with Crippen molar-refractivity contribution in [3.8, 4) is 0 Å². The average Bonchev–Trinajstić information content (AvgIpc) is 2.78. The SMILES string of the molecule is O=C(O)CC1CCCN1Cc1ccc([N+](=O)[O-])cc1Cl. The quantitative estimate of drug-likeness (QED) is 0.667. The molecule has 1 aliphatic heterocycles. The number of carbonyl (C=O) groups is 1. The second kappa shape index (κ2) is 6.19. The van der Waals surface area contributed by atoms with Crippen molar-refractivity contribution in [3.05, 3.63) is 38.9 Å². The first kappa shape index (κ1) is 14.7. The van der Waals surface area contributed by atoms with Crippen LogP contribution in [0.15, 0.2) is 18.2 Å². The van der Waals surface area contributed by atoms with Gasteiger partial charge < -0.3 is 5.11 Å². The zero-order chi connectivity index (χ0) is 14.7. The molecule has 0 bridgehead atoms. The van der Waals surface area contributed by atoms with Crippen LogP contribution in [0.1, 0.15) is 24.8 Å². The number of carboxylic acid groups (broad SMARTS) is 1. The van der Waals surface area contributed by atoms with Crippen molar-refractivity contribution in [3.63, 3.8) is 0 Å². The Kier molecular flexibility index (Phi) is 4.57. The van der Waals surface area contributed by atoms with Crippen LogP contribution >= 0.6 is 11.6 Å². The van der Waals surface area contributed by atoms with E-state index < -0.39 is 10.9 Å². The summed E-state index contributed by atoms with van der Waals surface area (Å²) in [7, 11) is 0. The monoisotopic (exact) mass is 298 g/mol. The second-order valence-corrected chi connectivity index (χ2v) is 5.30. The smallest absolute Gasteiger partial charge is 0.304 e. The fourth-order valence-electron chi connectivity index (χ4n) is 2.53. The Morgan fingerprint density at radius 2 is 2.30 bits per heavy atom. The van der Waals surface area contributed by atoms with Gasteiger partial charge in [0.1, 0.15) is 0 Å². The van der Waals surface area contributed by atoms with Crippen LogP contribution in [0, 0.1) is 10.1 Å². The van der Waals surface area contributed by atoms with E-state index in [-0.39, 0.29) is 18.2 Å². The first-order chi connectivity index (χ1) is 9.47. The number of hydrogen-bond acceptors (Lipinski definition) is 4. The normalized spacial score (nSPS) is 19.1.